The highest BCUT2D eigenvalue weighted by Crippen LogP contribution is 2.17. The van der Waals surface area contributed by atoms with E-state index in [0.29, 0.717) is 0 Å². The summed E-state index contributed by atoms with van der Waals surface area (Å²) in [5, 5.41) is 5.76. The summed E-state index contributed by atoms with van der Waals surface area (Å²) >= 11 is 1.84. The molecule has 0 atom stereocenters. The largest absolute Gasteiger partial charge is 0.362 e. The van der Waals surface area contributed by atoms with Crippen molar-refractivity contribution >= 4 is 11.8 Å². The van der Waals surface area contributed by atoms with E-state index in [4.69, 9.17) is 0 Å². The molecular formula is C19H29NS. The Morgan fingerprint density at radius 3 is 2.81 bits per heavy atom. The highest BCUT2D eigenvalue weighted by atomic mass is 32.2. The predicted molar refractivity (Wildman–Crippen MR) is 98.2 cm³/mol. The van der Waals surface area contributed by atoms with E-state index in [9.17, 15) is 0 Å². The summed E-state index contributed by atoms with van der Waals surface area (Å²) in [5.41, 5.74) is 4.10. The van der Waals surface area contributed by atoms with Crippen LogP contribution < -0.4 is 5.32 Å². The molecule has 0 aliphatic carbocycles. The maximum atomic E-state index is 3.52. The molecule has 116 valence electrons. The van der Waals surface area contributed by atoms with Crippen LogP contribution in [0.3, 0.4) is 0 Å². The molecule has 1 rings (SSSR count). The van der Waals surface area contributed by atoms with Crippen molar-refractivity contribution < 1.29 is 0 Å². The van der Waals surface area contributed by atoms with Crippen molar-refractivity contribution in [2.45, 2.75) is 47.5 Å². The molecule has 0 fully saturated rings. The molecule has 1 aliphatic heterocycles. The van der Waals surface area contributed by atoms with E-state index in [2.05, 4.69) is 81.8 Å². The van der Waals surface area contributed by atoms with E-state index in [0.717, 1.165) is 18.6 Å². The predicted octanol–water partition coefficient (Wildman–Crippen LogP) is 5.95. The van der Waals surface area contributed by atoms with E-state index in [1.54, 1.807) is 0 Å². The second-order valence-electron chi connectivity index (χ2n) is 6.42. The van der Waals surface area contributed by atoms with Crippen LogP contribution in [0.5, 0.6) is 0 Å². The molecule has 0 aromatic rings. The number of hydrogen-bond donors (Lipinski definition) is 1. The normalized spacial score (nSPS) is 20.3. The van der Waals surface area contributed by atoms with Crippen molar-refractivity contribution in [3.05, 3.63) is 58.8 Å². The van der Waals surface area contributed by atoms with Crippen molar-refractivity contribution in [1.82, 2.24) is 5.32 Å². The molecule has 1 aliphatic rings. The van der Waals surface area contributed by atoms with Gasteiger partial charge in [0, 0.05) is 23.6 Å². The lowest BCUT2D eigenvalue weighted by molar-refractivity contribution is 0.544. The van der Waals surface area contributed by atoms with Crippen molar-refractivity contribution in [3.63, 3.8) is 0 Å². The first kappa shape index (κ1) is 17.9. The quantitative estimate of drug-likeness (QED) is 0.644. The summed E-state index contributed by atoms with van der Waals surface area (Å²) < 4.78 is 0. The van der Waals surface area contributed by atoms with Gasteiger partial charge >= 0.3 is 0 Å². The van der Waals surface area contributed by atoms with Gasteiger partial charge in [-0.05, 0) is 30.2 Å². The molecule has 0 saturated carbocycles. The fourth-order valence-electron chi connectivity index (χ4n) is 1.88. The Balaban J connectivity index is 2.67. The standard InChI is InChI=1S/C19H29NS/c1-6-17-10-8-14-21-15-18(12-11-17)20-16(2)9-7-13-19(3,4)5/h7-11,13,15,20H,6,12,14H2,1-5H3/b10-8?,13-7+,16-9+,17-11?,18-15+. The fraction of sp³-hybridized carbons (Fsp3) is 0.474. The van der Waals surface area contributed by atoms with Crippen LogP contribution in [0, 0.1) is 5.41 Å². The van der Waals surface area contributed by atoms with Gasteiger partial charge in [-0.3, -0.25) is 0 Å². The molecule has 2 heteroatoms. The Morgan fingerprint density at radius 2 is 2.14 bits per heavy atom. The van der Waals surface area contributed by atoms with Crippen LogP contribution in [0.4, 0.5) is 0 Å². The van der Waals surface area contributed by atoms with Crippen LogP contribution in [0.15, 0.2) is 58.8 Å². The lowest BCUT2D eigenvalue weighted by Gasteiger charge is -2.11. The Bertz CT molecular complexity index is 470. The Morgan fingerprint density at radius 1 is 1.38 bits per heavy atom. The van der Waals surface area contributed by atoms with Gasteiger partial charge in [0.05, 0.1) is 0 Å². The smallest absolute Gasteiger partial charge is 0.0251 e. The zero-order valence-corrected chi connectivity index (χ0v) is 14.9. The van der Waals surface area contributed by atoms with Crippen LogP contribution in [0.25, 0.3) is 0 Å². The maximum Gasteiger partial charge on any atom is 0.0251 e. The van der Waals surface area contributed by atoms with Crippen molar-refractivity contribution in [2.75, 3.05) is 5.75 Å². The van der Waals surface area contributed by atoms with Gasteiger partial charge in [0.2, 0.25) is 0 Å². The number of allylic oxidation sites excluding steroid dienone is 7. The van der Waals surface area contributed by atoms with Crippen molar-refractivity contribution in [2.24, 2.45) is 5.41 Å². The topological polar surface area (TPSA) is 12.0 Å². The van der Waals surface area contributed by atoms with E-state index in [1.807, 2.05) is 11.8 Å². The Hall–Kier alpha value is -1.15. The molecular weight excluding hydrogens is 274 g/mol. The van der Waals surface area contributed by atoms with Gasteiger partial charge in [-0.1, -0.05) is 63.6 Å². The lowest BCUT2D eigenvalue weighted by Crippen LogP contribution is -2.10. The van der Waals surface area contributed by atoms with Gasteiger partial charge < -0.3 is 5.32 Å². The third-order valence-corrected chi connectivity index (χ3v) is 3.88. The first-order valence-electron chi connectivity index (χ1n) is 7.70. The lowest BCUT2D eigenvalue weighted by atomic mass is 9.96. The molecule has 0 bridgehead atoms. The highest BCUT2D eigenvalue weighted by molar-refractivity contribution is 8.02. The van der Waals surface area contributed by atoms with Crippen LogP contribution in [0.1, 0.15) is 47.5 Å². The number of hydrogen-bond acceptors (Lipinski definition) is 2. The van der Waals surface area contributed by atoms with Gasteiger partial charge in [-0.15, -0.1) is 11.8 Å². The third-order valence-electron chi connectivity index (χ3n) is 3.04. The maximum absolute atomic E-state index is 3.52. The van der Waals surface area contributed by atoms with Crippen LogP contribution in [-0.4, -0.2) is 5.75 Å². The monoisotopic (exact) mass is 303 g/mol. The molecule has 21 heavy (non-hydrogen) atoms. The third kappa shape index (κ3) is 8.67. The van der Waals surface area contributed by atoms with Crippen molar-refractivity contribution in [3.8, 4) is 0 Å². The van der Waals surface area contributed by atoms with E-state index < -0.39 is 0 Å². The van der Waals surface area contributed by atoms with Crippen LogP contribution >= 0.6 is 11.8 Å². The second kappa shape index (κ2) is 8.99. The highest BCUT2D eigenvalue weighted by Gasteiger charge is 2.02. The second-order valence-corrected chi connectivity index (χ2v) is 7.32. The number of rotatable bonds is 4. The Labute approximate surface area is 135 Å². The summed E-state index contributed by atoms with van der Waals surface area (Å²) in [6, 6.07) is 0. The SMILES string of the molecule is CCC1=CC/C(N/C(C)=C/C=C/C(C)(C)C)=C\SCC=C1. The van der Waals surface area contributed by atoms with Gasteiger partial charge in [0.25, 0.3) is 0 Å². The van der Waals surface area contributed by atoms with E-state index >= 15 is 0 Å². The molecule has 0 amide bonds. The van der Waals surface area contributed by atoms with Gasteiger partial charge in [0.1, 0.15) is 0 Å². The first-order valence-corrected chi connectivity index (χ1v) is 8.75. The minimum atomic E-state index is 0.231. The molecule has 0 saturated heterocycles. The average molecular weight is 304 g/mol. The van der Waals surface area contributed by atoms with Gasteiger partial charge in [-0.2, -0.15) is 0 Å². The van der Waals surface area contributed by atoms with E-state index in [-0.39, 0.29) is 5.41 Å². The summed E-state index contributed by atoms with van der Waals surface area (Å²) in [4.78, 5) is 0. The molecule has 0 unspecified atom stereocenters. The molecule has 0 spiro atoms. The average Bonchev–Trinajstić information content (AvgIpc) is 2.49. The minimum Gasteiger partial charge on any atom is -0.362 e. The summed E-state index contributed by atoms with van der Waals surface area (Å²) in [7, 11) is 0. The summed E-state index contributed by atoms with van der Waals surface area (Å²) in [6.45, 7) is 11.0. The van der Waals surface area contributed by atoms with Crippen molar-refractivity contribution in [1.29, 1.82) is 0 Å². The molecule has 0 aromatic carbocycles. The summed E-state index contributed by atoms with van der Waals surface area (Å²) in [6.07, 6.45) is 15.4. The molecule has 0 aromatic heterocycles. The zero-order chi connectivity index (χ0) is 15.7. The number of thioether (sulfide) groups is 1. The van der Waals surface area contributed by atoms with Crippen LogP contribution in [-0.2, 0) is 0 Å². The zero-order valence-electron chi connectivity index (χ0n) is 14.1. The summed E-state index contributed by atoms with van der Waals surface area (Å²) in [5.74, 6) is 1.04. The van der Waals surface area contributed by atoms with E-state index in [1.165, 1.54) is 17.0 Å². The molecule has 1 nitrogen and oxygen atoms in total. The van der Waals surface area contributed by atoms with Gasteiger partial charge in [0.15, 0.2) is 0 Å². The molecule has 1 heterocycles. The molecule has 1 N–H and O–H groups in total. The minimum absolute atomic E-state index is 0.231. The fourth-order valence-corrected chi connectivity index (χ4v) is 2.54. The van der Waals surface area contributed by atoms with Gasteiger partial charge in [-0.25, -0.2) is 0 Å². The Kier molecular flexibility index (Phi) is 7.66. The van der Waals surface area contributed by atoms with Crippen LogP contribution in [0.2, 0.25) is 0 Å². The number of nitrogens with one attached hydrogen (secondary N) is 1. The molecule has 0 radical (unpaired) electrons. The first-order chi connectivity index (χ1) is 9.90.